The molecule has 0 unspecified atom stereocenters. The van der Waals surface area contributed by atoms with Gasteiger partial charge in [-0.1, -0.05) is 31.2 Å². The van der Waals surface area contributed by atoms with E-state index in [1.165, 1.54) is 21.6 Å². The first-order valence-corrected chi connectivity index (χ1v) is 12.3. The Hall–Kier alpha value is -2.18. The number of hydrogen-bond acceptors (Lipinski definition) is 4. The molecule has 0 aliphatic carbocycles. The lowest BCUT2D eigenvalue weighted by atomic mass is 9.90. The summed E-state index contributed by atoms with van der Waals surface area (Å²) in [7, 11) is 0. The van der Waals surface area contributed by atoms with E-state index in [9.17, 15) is 9.59 Å². The second-order valence-corrected chi connectivity index (χ2v) is 9.81. The Labute approximate surface area is 189 Å². The number of fused-ring (bicyclic) bond motifs is 1. The third-order valence-electron chi connectivity index (χ3n) is 6.65. The number of thiophene rings is 1. The molecule has 2 aromatic rings. The SMILES string of the molecule is CCCC(=O)N1CCN(C(=O)CN2CCc3sccc3[C@H]2c2ccccc2C)C[C@@H]1C. The lowest BCUT2D eigenvalue weighted by Crippen LogP contribution is -2.57. The van der Waals surface area contributed by atoms with E-state index in [1.807, 2.05) is 28.1 Å². The molecule has 1 fully saturated rings. The summed E-state index contributed by atoms with van der Waals surface area (Å²) in [6, 6.07) is 11.0. The van der Waals surface area contributed by atoms with Crippen molar-refractivity contribution in [3.05, 3.63) is 57.3 Å². The molecule has 0 radical (unpaired) electrons. The van der Waals surface area contributed by atoms with Crippen LogP contribution in [-0.2, 0) is 16.0 Å². The number of aryl methyl sites for hydroxylation is 1. The second kappa shape index (κ2) is 9.53. The van der Waals surface area contributed by atoms with Crippen LogP contribution in [0.1, 0.15) is 54.3 Å². The summed E-state index contributed by atoms with van der Waals surface area (Å²) in [5, 5.41) is 2.18. The fourth-order valence-electron chi connectivity index (χ4n) is 4.98. The molecular formula is C25H33N3O2S. The molecule has 0 saturated carbocycles. The minimum Gasteiger partial charge on any atom is -0.338 e. The first kappa shape index (κ1) is 22.0. The molecule has 1 aromatic heterocycles. The zero-order chi connectivity index (χ0) is 22.0. The van der Waals surface area contributed by atoms with Gasteiger partial charge in [-0.15, -0.1) is 11.3 Å². The molecular weight excluding hydrogens is 406 g/mol. The standard InChI is InChI=1S/C25H33N3O2S/c1-4-7-23(29)28-14-13-26(16-19(28)3)24(30)17-27-12-10-22-21(11-15-31-22)25(27)20-9-6-5-8-18(20)2/h5-6,8-9,11,15,19,25H,4,7,10,12-14,16-17H2,1-3H3/t19-,25+/m0/s1. The van der Waals surface area contributed by atoms with E-state index in [4.69, 9.17) is 0 Å². The number of carbonyl (C=O) groups excluding carboxylic acids is 2. The van der Waals surface area contributed by atoms with Crippen LogP contribution in [0.3, 0.4) is 0 Å². The summed E-state index contributed by atoms with van der Waals surface area (Å²) in [6.07, 6.45) is 2.45. The van der Waals surface area contributed by atoms with Gasteiger partial charge in [0.1, 0.15) is 0 Å². The van der Waals surface area contributed by atoms with Gasteiger partial charge < -0.3 is 9.80 Å². The topological polar surface area (TPSA) is 43.9 Å². The van der Waals surface area contributed by atoms with Crippen LogP contribution in [0.4, 0.5) is 0 Å². The van der Waals surface area contributed by atoms with Crippen molar-refractivity contribution in [2.24, 2.45) is 0 Å². The van der Waals surface area contributed by atoms with Crippen LogP contribution in [0.5, 0.6) is 0 Å². The van der Waals surface area contributed by atoms with E-state index in [0.29, 0.717) is 32.6 Å². The number of nitrogens with zero attached hydrogens (tertiary/aromatic N) is 3. The molecule has 0 bridgehead atoms. The molecule has 166 valence electrons. The lowest BCUT2D eigenvalue weighted by molar-refractivity contribution is -0.143. The highest BCUT2D eigenvalue weighted by Gasteiger charge is 2.34. The van der Waals surface area contributed by atoms with Crippen molar-refractivity contribution in [3.8, 4) is 0 Å². The summed E-state index contributed by atoms with van der Waals surface area (Å²) in [4.78, 5) is 33.3. The number of piperazine rings is 1. The highest BCUT2D eigenvalue weighted by Crippen LogP contribution is 2.38. The van der Waals surface area contributed by atoms with Crippen molar-refractivity contribution in [3.63, 3.8) is 0 Å². The Morgan fingerprint density at radius 3 is 2.61 bits per heavy atom. The number of carbonyl (C=O) groups is 2. The van der Waals surface area contributed by atoms with Gasteiger partial charge in [-0.2, -0.15) is 0 Å². The van der Waals surface area contributed by atoms with Crippen LogP contribution in [0.25, 0.3) is 0 Å². The van der Waals surface area contributed by atoms with Crippen molar-refractivity contribution < 1.29 is 9.59 Å². The average Bonchev–Trinajstić information content (AvgIpc) is 3.23. The molecule has 5 nitrogen and oxygen atoms in total. The van der Waals surface area contributed by atoms with Gasteiger partial charge in [-0.25, -0.2) is 0 Å². The third kappa shape index (κ3) is 4.55. The summed E-state index contributed by atoms with van der Waals surface area (Å²) < 4.78 is 0. The molecule has 3 heterocycles. The number of hydrogen-bond donors (Lipinski definition) is 0. The largest absolute Gasteiger partial charge is 0.338 e. The van der Waals surface area contributed by atoms with Crippen molar-refractivity contribution in [1.82, 2.24) is 14.7 Å². The van der Waals surface area contributed by atoms with E-state index in [0.717, 1.165) is 19.4 Å². The number of benzene rings is 1. The summed E-state index contributed by atoms with van der Waals surface area (Å²) in [5.74, 6) is 0.384. The first-order chi connectivity index (χ1) is 15.0. The van der Waals surface area contributed by atoms with E-state index in [1.54, 1.807) is 0 Å². The second-order valence-electron chi connectivity index (χ2n) is 8.80. The van der Waals surface area contributed by atoms with Gasteiger partial charge in [0, 0.05) is 43.5 Å². The van der Waals surface area contributed by atoms with Crippen LogP contribution >= 0.6 is 11.3 Å². The van der Waals surface area contributed by atoms with Gasteiger partial charge in [0.15, 0.2) is 0 Å². The van der Waals surface area contributed by atoms with Gasteiger partial charge in [0.2, 0.25) is 11.8 Å². The Morgan fingerprint density at radius 1 is 1.06 bits per heavy atom. The van der Waals surface area contributed by atoms with Gasteiger partial charge in [0.05, 0.1) is 12.6 Å². The molecule has 31 heavy (non-hydrogen) atoms. The molecule has 2 amide bonds. The minimum absolute atomic E-state index is 0.0775. The smallest absolute Gasteiger partial charge is 0.236 e. The van der Waals surface area contributed by atoms with E-state index < -0.39 is 0 Å². The monoisotopic (exact) mass is 439 g/mol. The molecule has 0 spiro atoms. The lowest BCUT2D eigenvalue weighted by Gasteiger charge is -2.42. The molecule has 2 atom stereocenters. The Morgan fingerprint density at radius 2 is 1.87 bits per heavy atom. The van der Waals surface area contributed by atoms with Crippen LogP contribution in [-0.4, -0.2) is 65.3 Å². The van der Waals surface area contributed by atoms with Crippen molar-refractivity contribution in [2.45, 2.75) is 52.1 Å². The Balaban J connectivity index is 1.49. The fraction of sp³-hybridized carbons (Fsp3) is 0.520. The Bertz CT molecular complexity index is 940. The zero-order valence-corrected chi connectivity index (χ0v) is 19.7. The predicted molar refractivity (Wildman–Crippen MR) is 125 cm³/mol. The molecule has 0 N–H and O–H groups in total. The number of amides is 2. The summed E-state index contributed by atoms with van der Waals surface area (Å²) in [5.41, 5.74) is 3.90. The zero-order valence-electron chi connectivity index (χ0n) is 18.8. The maximum Gasteiger partial charge on any atom is 0.236 e. The maximum atomic E-state index is 13.3. The van der Waals surface area contributed by atoms with Gasteiger partial charge in [-0.05, 0) is 54.8 Å². The van der Waals surface area contributed by atoms with Crippen molar-refractivity contribution in [2.75, 3.05) is 32.7 Å². The molecule has 2 aliphatic rings. The maximum absolute atomic E-state index is 13.3. The predicted octanol–water partition coefficient (Wildman–Crippen LogP) is 3.86. The molecule has 4 rings (SSSR count). The van der Waals surface area contributed by atoms with Crippen LogP contribution < -0.4 is 0 Å². The number of rotatable bonds is 5. The van der Waals surface area contributed by atoms with Crippen molar-refractivity contribution >= 4 is 23.2 Å². The highest BCUT2D eigenvalue weighted by molar-refractivity contribution is 7.10. The van der Waals surface area contributed by atoms with Gasteiger partial charge in [-0.3, -0.25) is 14.5 Å². The van der Waals surface area contributed by atoms with Crippen LogP contribution in [0.2, 0.25) is 0 Å². The van der Waals surface area contributed by atoms with Gasteiger partial charge >= 0.3 is 0 Å². The molecule has 1 aromatic carbocycles. The quantitative estimate of drug-likeness (QED) is 0.711. The van der Waals surface area contributed by atoms with Gasteiger partial charge in [0.25, 0.3) is 0 Å². The van der Waals surface area contributed by atoms with Crippen LogP contribution in [0, 0.1) is 6.92 Å². The van der Waals surface area contributed by atoms with E-state index in [2.05, 4.69) is 54.5 Å². The third-order valence-corrected chi connectivity index (χ3v) is 7.65. The summed E-state index contributed by atoms with van der Waals surface area (Å²) >= 11 is 1.83. The normalized spacial score (nSPS) is 21.8. The first-order valence-electron chi connectivity index (χ1n) is 11.4. The van der Waals surface area contributed by atoms with E-state index in [-0.39, 0.29) is 23.9 Å². The van der Waals surface area contributed by atoms with Crippen molar-refractivity contribution in [1.29, 1.82) is 0 Å². The highest BCUT2D eigenvalue weighted by atomic mass is 32.1. The minimum atomic E-state index is 0.0775. The molecule has 1 saturated heterocycles. The fourth-order valence-corrected chi connectivity index (χ4v) is 5.89. The summed E-state index contributed by atoms with van der Waals surface area (Å²) in [6.45, 7) is 9.46. The average molecular weight is 440 g/mol. The molecule has 6 heteroatoms. The molecule has 2 aliphatic heterocycles. The Kier molecular flexibility index (Phi) is 6.77. The van der Waals surface area contributed by atoms with Crippen LogP contribution in [0.15, 0.2) is 35.7 Å². The van der Waals surface area contributed by atoms with E-state index >= 15 is 0 Å².